The Labute approximate surface area is 172 Å². The molecule has 1 amide bonds. The molecule has 0 aliphatic carbocycles. The fraction of sp³-hybridized carbons (Fsp3) is 0.478. The van der Waals surface area contributed by atoms with E-state index < -0.39 is 6.10 Å². The van der Waals surface area contributed by atoms with E-state index in [4.69, 9.17) is 0 Å². The Morgan fingerprint density at radius 1 is 1.10 bits per heavy atom. The SMILES string of the molecule is Cc1cccc(N2CCC(N3CC[C@@H](NC(=O)c4ccncc4)[C@H](O)C3)CC2)c1. The first kappa shape index (κ1) is 19.9. The largest absolute Gasteiger partial charge is 0.390 e. The number of anilines is 1. The lowest BCUT2D eigenvalue weighted by atomic mass is 9.95. The van der Waals surface area contributed by atoms with Crippen LogP contribution in [-0.4, -0.2) is 65.3 Å². The maximum Gasteiger partial charge on any atom is 0.251 e. The summed E-state index contributed by atoms with van der Waals surface area (Å²) in [6, 6.07) is 12.4. The van der Waals surface area contributed by atoms with Crippen molar-refractivity contribution in [1.82, 2.24) is 15.2 Å². The molecule has 2 aromatic rings. The van der Waals surface area contributed by atoms with Crippen LogP contribution in [0.15, 0.2) is 48.8 Å². The van der Waals surface area contributed by atoms with Gasteiger partial charge in [-0.25, -0.2) is 0 Å². The van der Waals surface area contributed by atoms with Gasteiger partial charge in [0.05, 0.1) is 12.1 Å². The number of aliphatic hydroxyl groups excluding tert-OH is 1. The molecule has 0 unspecified atom stereocenters. The average Bonchev–Trinajstić information content (AvgIpc) is 2.76. The van der Waals surface area contributed by atoms with E-state index in [2.05, 4.69) is 51.3 Å². The molecule has 0 saturated carbocycles. The van der Waals surface area contributed by atoms with Gasteiger partial charge in [-0.2, -0.15) is 0 Å². The van der Waals surface area contributed by atoms with Gasteiger partial charge >= 0.3 is 0 Å². The number of aliphatic hydroxyl groups is 1. The smallest absolute Gasteiger partial charge is 0.251 e. The van der Waals surface area contributed by atoms with Gasteiger partial charge in [0, 0.05) is 55.9 Å². The first-order chi connectivity index (χ1) is 14.1. The first-order valence-corrected chi connectivity index (χ1v) is 10.5. The molecule has 154 valence electrons. The third kappa shape index (κ3) is 4.77. The highest BCUT2D eigenvalue weighted by Crippen LogP contribution is 2.25. The maximum atomic E-state index is 12.4. The molecule has 6 nitrogen and oxygen atoms in total. The van der Waals surface area contributed by atoms with E-state index in [1.165, 1.54) is 11.3 Å². The Bertz CT molecular complexity index is 821. The zero-order chi connectivity index (χ0) is 20.2. The normalized spacial score (nSPS) is 23.7. The van der Waals surface area contributed by atoms with Crippen LogP contribution in [0.5, 0.6) is 0 Å². The van der Waals surface area contributed by atoms with Crippen LogP contribution in [0.25, 0.3) is 0 Å². The molecule has 2 fully saturated rings. The zero-order valence-electron chi connectivity index (χ0n) is 17.0. The van der Waals surface area contributed by atoms with E-state index >= 15 is 0 Å². The van der Waals surface area contributed by atoms with Crippen LogP contribution < -0.4 is 10.2 Å². The molecule has 3 heterocycles. The average molecular weight is 395 g/mol. The lowest BCUT2D eigenvalue weighted by Gasteiger charge is -2.44. The molecular weight excluding hydrogens is 364 g/mol. The molecule has 2 N–H and O–H groups in total. The number of amides is 1. The fourth-order valence-corrected chi connectivity index (χ4v) is 4.52. The van der Waals surface area contributed by atoms with Gasteiger partial charge in [-0.15, -0.1) is 0 Å². The van der Waals surface area contributed by atoms with Crippen LogP contribution in [0.3, 0.4) is 0 Å². The number of pyridine rings is 1. The van der Waals surface area contributed by atoms with Gasteiger partial charge in [0.2, 0.25) is 0 Å². The van der Waals surface area contributed by atoms with Crippen molar-refractivity contribution >= 4 is 11.6 Å². The summed E-state index contributed by atoms with van der Waals surface area (Å²) in [5.41, 5.74) is 3.18. The van der Waals surface area contributed by atoms with Gasteiger partial charge in [-0.3, -0.25) is 14.7 Å². The number of β-amino-alcohol motifs (C(OH)–C–C–N with tert-alkyl or cyclic N) is 1. The number of hydrogen-bond donors (Lipinski definition) is 2. The Morgan fingerprint density at radius 3 is 2.55 bits per heavy atom. The minimum Gasteiger partial charge on any atom is -0.390 e. The number of hydrogen-bond acceptors (Lipinski definition) is 5. The predicted octanol–water partition coefficient (Wildman–Crippen LogP) is 2.22. The summed E-state index contributed by atoms with van der Waals surface area (Å²) in [5.74, 6) is -0.142. The summed E-state index contributed by atoms with van der Waals surface area (Å²) in [4.78, 5) is 21.2. The van der Waals surface area contributed by atoms with Crippen LogP contribution in [0.2, 0.25) is 0 Å². The molecule has 4 rings (SSSR count). The predicted molar refractivity (Wildman–Crippen MR) is 114 cm³/mol. The number of benzene rings is 1. The van der Waals surface area contributed by atoms with Crippen molar-refractivity contribution in [1.29, 1.82) is 0 Å². The summed E-state index contributed by atoms with van der Waals surface area (Å²) in [6.07, 6.45) is 5.66. The van der Waals surface area contributed by atoms with Crippen LogP contribution in [0.4, 0.5) is 5.69 Å². The Morgan fingerprint density at radius 2 is 1.86 bits per heavy atom. The number of likely N-dealkylation sites (tertiary alicyclic amines) is 1. The molecule has 6 heteroatoms. The van der Waals surface area contributed by atoms with Crippen LogP contribution in [0.1, 0.15) is 35.2 Å². The molecule has 0 spiro atoms. The number of piperidine rings is 2. The van der Waals surface area contributed by atoms with Crippen molar-refractivity contribution in [3.05, 3.63) is 59.9 Å². The highest BCUT2D eigenvalue weighted by molar-refractivity contribution is 5.94. The number of carbonyl (C=O) groups excluding carboxylic acids is 1. The summed E-state index contributed by atoms with van der Waals surface area (Å²) in [7, 11) is 0. The van der Waals surface area contributed by atoms with E-state index in [0.717, 1.165) is 38.9 Å². The molecule has 2 aliphatic heterocycles. The lowest BCUT2D eigenvalue weighted by Crippen LogP contribution is -2.57. The second kappa shape index (κ2) is 8.93. The van der Waals surface area contributed by atoms with Crippen molar-refractivity contribution in [2.75, 3.05) is 31.1 Å². The highest BCUT2D eigenvalue weighted by Gasteiger charge is 2.33. The summed E-state index contributed by atoms with van der Waals surface area (Å²) >= 11 is 0. The second-order valence-electron chi connectivity index (χ2n) is 8.22. The summed E-state index contributed by atoms with van der Waals surface area (Å²) in [5, 5.41) is 13.6. The van der Waals surface area contributed by atoms with Gasteiger partial charge < -0.3 is 15.3 Å². The lowest BCUT2D eigenvalue weighted by molar-refractivity contribution is 0.0154. The van der Waals surface area contributed by atoms with Gasteiger partial charge in [0.25, 0.3) is 5.91 Å². The quantitative estimate of drug-likeness (QED) is 0.832. The van der Waals surface area contributed by atoms with E-state index in [1.807, 2.05) is 0 Å². The monoisotopic (exact) mass is 394 g/mol. The Hall–Kier alpha value is -2.44. The Kier molecular flexibility index (Phi) is 6.11. The molecule has 1 aromatic carbocycles. The Balaban J connectivity index is 1.27. The van der Waals surface area contributed by atoms with Crippen LogP contribution in [0, 0.1) is 6.92 Å². The molecule has 2 aliphatic rings. The molecule has 2 atom stereocenters. The molecular formula is C23H30N4O2. The number of aryl methyl sites for hydroxylation is 1. The number of aromatic nitrogens is 1. The number of nitrogens with one attached hydrogen (secondary N) is 1. The molecule has 0 radical (unpaired) electrons. The highest BCUT2D eigenvalue weighted by atomic mass is 16.3. The fourth-order valence-electron chi connectivity index (χ4n) is 4.52. The van der Waals surface area contributed by atoms with Crippen molar-refractivity contribution in [3.8, 4) is 0 Å². The van der Waals surface area contributed by atoms with Crippen LogP contribution >= 0.6 is 0 Å². The third-order valence-corrected chi connectivity index (χ3v) is 6.22. The molecule has 29 heavy (non-hydrogen) atoms. The number of nitrogens with zero attached hydrogens (tertiary/aromatic N) is 3. The minimum absolute atomic E-state index is 0.142. The van der Waals surface area contributed by atoms with E-state index in [9.17, 15) is 9.90 Å². The maximum absolute atomic E-state index is 12.4. The van der Waals surface area contributed by atoms with E-state index in [0.29, 0.717) is 18.2 Å². The van der Waals surface area contributed by atoms with Crippen molar-refractivity contribution in [2.45, 2.75) is 44.4 Å². The van der Waals surface area contributed by atoms with Gasteiger partial charge in [-0.05, 0) is 56.0 Å². The van der Waals surface area contributed by atoms with Gasteiger partial charge in [0.15, 0.2) is 0 Å². The van der Waals surface area contributed by atoms with Crippen molar-refractivity contribution < 1.29 is 9.90 Å². The summed E-state index contributed by atoms with van der Waals surface area (Å²) in [6.45, 7) is 5.75. The van der Waals surface area contributed by atoms with Crippen molar-refractivity contribution in [3.63, 3.8) is 0 Å². The van der Waals surface area contributed by atoms with Crippen molar-refractivity contribution in [2.24, 2.45) is 0 Å². The van der Waals surface area contributed by atoms with Gasteiger partial charge in [0.1, 0.15) is 0 Å². The molecule has 2 saturated heterocycles. The van der Waals surface area contributed by atoms with Gasteiger partial charge in [-0.1, -0.05) is 12.1 Å². The molecule has 1 aromatic heterocycles. The van der Waals surface area contributed by atoms with E-state index in [1.54, 1.807) is 24.5 Å². The topological polar surface area (TPSA) is 68.7 Å². The standard InChI is InChI=1S/C23H30N4O2/c1-17-3-2-4-20(15-17)26-12-7-19(8-13-26)27-14-9-21(22(28)16-27)25-23(29)18-5-10-24-11-6-18/h2-6,10-11,15,19,21-22,28H,7-9,12-14,16H2,1H3,(H,25,29)/t21-,22-/m1/s1. The first-order valence-electron chi connectivity index (χ1n) is 10.5. The zero-order valence-corrected chi connectivity index (χ0v) is 17.0. The summed E-state index contributed by atoms with van der Waals surface area (Å²) < 4.78 is 0. The number of rotatable bonds is 4. The minimum atomic E-state index is -0.538. The number of carbonyl (C=O) groups is 1. The second-order valence-corrected chi connectivity index (χ2v) is 8.22. The third-order valence-electron chi connectivity index (χ3n) is 6.22. The molecule has 0 bridgehead atoms. The van der Waals surface area contributed by atoms with Crippen LogP contribution in [-0.2, 0) is 0 Å². The van der Waals surface area contributed by atoms with E-state index in [-0.39, 0.29) is 11.9 Å².